The molecule has 0 saturated carbocycles. The Kier molecular flexibility index (Phi) is 5.17. The summed E-state index contributed by atoms with van der Waals surface area (Å²) in [7, 11) is 0. The zero-order valence-corrected chi connectivity index (χ0v) is 10.9. The highest BCUT2D eigenvalue weighted by Gasteiger charge is 2.14. The van der Waals surface area contributed by atoms with Crippen molar-refractivity contribution in [3.63, 3.8) is 0 Å². The number of carbonyl (C=O) groups is 2. The number of rotatable bonds is 4. The van der Waals surface area contributed by atoms with Crippen LogP contribution < -0.4 is 16.0 Å². The maximum absolute atomic E-state index is 11.6. The van der Waals surface area contributed by atoms with Crippen LogP contribution in [0.25, 0.3) is 0 Å². The van der Waals surface area contributed by atoms with E-state index in [-0.39, 0.29) is 5.91 Å². The molecule has 5 heteroatoms. The smallest absolute Gasteiger partial charge is 0.319 e. The fourth-order valence-electron chi connectivity index (χ4n) is 1.39. The van der Waals surface area contributed by atoms with Gasteiger partial charge in [-0.2, -0.15) is 0 Å². The zero-order valence-electron chi connectivity index (χ0n) is 10.9. The number of aryl methyl sites for hydroxylation is 1. The van der Waals surface area contributed by atoms with Crippen molar-refractivity contribution < 1.29 is 9.59 Å². The Morgan fingerprint density at radius 3 is 2.39 bits per heavy atom. The van der Waals surface area contributed by atoms with Gasteiger partial charge in [0.15, 0.2) is 0 Å². The van der Waals surface area contributed by atoms with Crippen molar-refractivity contribution in [2.45, 2.75) is 26.8 Å². The summed E-state index contributed by atoms with van der Waals surface area (Å²) >= 11 is 0. The summed E-state index contributed by atoms with van der Waals surface area (Å²) in [5, 5.41) is 7.87. The third kappa shape index (κ3) is 4.45. The van der Waals surface area contributed by atoms with E-state index in [0.29, 0.717) is 12.2 Å². The van der Waals surface area contributed by atoms with Crippen LogP contribution in [-0.4, -0.2) is 24.5 Å². The first kappa shape index (κ1) is 14.0. The van der Waals surface area contributed by atoms with E-state index >= 15 is 0 Å². The summed E-state index contributed by atoms with van der Waals surface area (Å²) in [5.74, 6) is -0.198. The SMILES string of the molecule is CCNC(=O)C(C)NC(=O)Nc1ccc(C)cc1. The van der Waals surface area contributed by atoms with Crippen molar-refractivity contribution >= 4 is 17.6 Å². The molecule has 0 fully saturated rings. The van der Waals surface area contributed by atoms with Crippen LogP contribution in [0.3, 0.4) is 0 Å². The van der Waals surface area contributed by atoms with E-state index in [1.807, 2.05) is 38.1 Å². The lowest BCUT2D eigenvalue weighted by Crippen LogP contribution is -2.46. The Morgan fingerprint density at radius 2 is 1.83 bits per heavy atom. The molecule has 1 aromatic rings. The van der Waals surface area contributed by atoms with Gasteiger partial charge in [-0.15, -0.1) is 0 Å². The van der Waals surface area contributed by atoms with Gasteiger partial charge in [-0.05, 0) is 32.9 Å². The average Bonchev–Trinajstić information content (AvgIpc) is 2.32. The number of amides is 3. The van der Waals surface area contributed by atoms with Crippen LogP contribution in [0.15, 0.2) is 24.3 Å². The molecule has 1 atom stereocenters. The summed E-state index contributed by atoms with van der Waals surface area (Å²) in [6, 6.07) is 6.48. The minimum Gasteiger partial charge on any atom is -0.355 e. The van der Waals surface area contributed by atoms with Crippen LogP contribution in [0.4, 0.5) is 10.5 Å². The number of anilines is 1. The second-order valence-electron chi connectivity index (χ2n) is 4.08. The molecule has 0 spiro atoms. The summed E-state index contributed by atoms with van der Waals surface area (Å²) in [6.45, 7) is 5.99. The van der Waals surface area contributed by atoms with Crippen LogP contribution in [0.2, 0.25) is 0 Å². The number of nitrogens with one attached hydrogen (secondary N) is 3. The summed E-state index contributed by atoms with van der Waals surface area (Å²) in [6.07, 6.45) is 0. The van der Waals surface area contributed by atoms with Gasteiger partial charge in [-0.3, -0.25) is 4.79 Å². The van der Waals surface area contributed by atoms with Crippen LogP contribution in [-0.2, 0) is 4.79 Å². The molecule has 0 aliphatic heterocycles. The van der Waals surface area contributed by atoms with E-state index < -0.39 is 12.1 Å². The Bertz CT molecular complexity index is 415. The summed E-state index contributed by atoms with van der Waals surface area (Å²) < 4.78 is 0. The van der Waals surface area contributed by atoms with E-state index in [9.17, 15) is 9.59 Å². The largest absolute Gasteiger partial charge is 0.355 e. The highest BCUT2D eigenvalue weighted by molar-refractivity contribution is 5.93. The zero-order chi connectivity index (χ0) is 13.5. The predicted octanol–water partition coefficient (Wildman–Crippen LogP) is 1.64. The van der Waals surface area contributed by atoms with E-state index in [0.717, 1.165) is 5.56 Å². The molecule has 0 saturated heterocycles. The fourth-order valence-corrected chi connectivity index (χ4v) is 1.39. The Labute approximate surface area is 107 Å². The van der Waals surface area contributed by atoms with Gasteiger partial charge in [-0.1, -0.05) is 17.7 Å². The first-order chi connectivity index (χ1) is 8.52. The molecule has 0 heterocycles. The number of likely N-dealkylation sites (N-methyl/N-ethyl adjacent to an activating group) is 1. The second-order valence-corrected chi connectivity index (χ2v) is 4.08. The van der Waals surface area contributed by atoms with Gasteiger partial charge in [0.25, 0.3) is 0 Å². The molecule has 3 N–H and O–H groups in total. The quantitative estimate of drug-likeness (QED) is 0.759. The van der Waals surface area contributed by atoms with E-state index in [1.54, 1.807) is 6.92 Å². The lowest BCUT2D eigenvalue weighted by atomic mass is 10.2. The van der Waals surface area contributed by atoms with E-state index in [4.69, 9.17) is 0 Å². The third-order valence-corrected chi connectivity index (χ3v) is 2.40. The standard InChI is InChI=1S/C13H19N3O2/c1-4-14-12(17)10(3)15-13(18)16-11-7-5-9(2)6-8-11/h5-8,10H,4H2,1-3H3,(H,14,17)(H2,15,16,18). The highest BCUT2D eigenvalue weighted by Crippen LogP contribution is 2.08. The Morgan fingerprint density at radius 1 is 1.22 bits per heavy atom. The topological polar surface area (TPSA) is 70.2 Å². The Balaban J connectivity index is 2.46. The molecule has 1 rings (SSSR count). The molecular formula is C13H19N3O2. The van der Waals surface area contributed by atoms with Crippen LogP contribution in [0.1, 0.15) is 19.4 Å². The molecule has 0 bridgehead atoms. The van der Waals surface area contributed by atoms with Crippen molar-refractivity contribution in [1.82, 2.24) is 10.6 Å². The van der Waals surface area contributed by atoms with Gasteiger partial charge in [0, 0.05) is 12.2 Å². The molecule has 0 aromatic heterocycles. The molecule has 1 aromatic carbocycles. The molecule has 5 nitrogen and oxygen atoms in total. The van der Waals surface area contributed by atoms with Crippen LogP contribution in [0, 0.1) is 6.92 Å². The number of benzene rings is 1. The average molecular weight is 249 g/mol. The molecule has 98 valence electrons. The minimum absolute atomic E-state index is 0.198. The number of urea groups is 1. The second kappa shape index (κ2) is 6.64. The molecule has 18 heavy (non-hydrogen) atoms. The molecular weight excluding hydrogens is 230 g/mol. The predicted molar refractivity (Wildman–Crippen MR) is 71.5 cm³/mol. The van der Waals surface area contributed by atoms with Gasteiger partial charge in [0.05, 0.1) is 0 Å². The van der Waals surface area contributed by atoms with Crippen molar-refractivity contribution in [2.75, 3.05) is 11.9 Å². The van der Waals surface area contributed by atoms with Gasteiger partial charge in [0.2, 0.25) is 5.91 Å². The Hall–Kier alpha value is -2.04. The molecule has 3 amide bonds. The highest BCUT2D eigenvalue weighted by atomic mass is 16.2. The minimum atomic E-state index is -0.560. The fraction of sp³-hybridized carbons (Fsp3) is 0.385. The van der Waals surface area contributed by atoms with E-state index in [2.05, 4.69) is 16.0 Å². The van der Waals surface area contributed by atoms with Crippen molar-refractivity contribution in [3.8, 4) is 0 Å². The van der Waals surface area contributed by atoms with Crippen LogP contribution in [0.5, 0.6) is 0 Å². The van der Waals surface area contributed by atoms with E-state index in [1.165, 1.54) is 0 Å². The number of carbonyl (C=O) groups excluding carboxylic acids is 2. The summed E-state index contributed by atoms with van der Waals surface area (Å²) in [5.41, 5.74) is 1.82. The van der Waals surface area contributed by atoms with Gasteiger partial charge in [-0.25, -0.2) is 4.79 Å². The maximum atomic E-state index is 11.6. The summed E-state index contributed by atoms with van der Waals surface area (Å²) in [4.78, 5) is 23.0. The number of hydrogen-bond donors (Lipinski definition) is 3. The molecule has 0 radical (unpaired) electrons. The lowest BCUT2D eigenvalue weighted by molar-refractivity contribution is -0.122. The van der Waals surface area contributed by atoms with Crippen molar-refractivity contribution in [2.24, 2.45) is 0 Å². The lowest BCUT2D eigenvalue weighted by Gasteiger charge is -2.14. The van der Waals surface area contributed by atoms with Gasteiger partial charge >= 0.3 is 6.03 Å². The maximum Gasteiger partial charge on any atom is 0.319 e. The molecule has 0 aliphatic rings. The molecule has 1 unspecified atom stereocenters. The normalized spacial score (nSPS) is 11.5. The monoisotopic (exact) mass is 249 g/mol. The van der Waals surface area contributed by atoms with Crippen molar-refractivity contribution in [3.05, 3.63) is 29.8 Å². The first-order valence-corrected chi connectivity index (χ1v) is 5.94. The third-order valence-electron chi connectivity index (χ3n) is 2.40. The van der Waals surface area contributed by atoms with Crippen LogP contribution >= 0.6 is 0 Å². The first-order valence-electron chi connectivity index (χ1n) is 5.94. The molecule has 0 aliphatic carbocycles. The van der Waals surface area contributed by atoms with Crippen molar-refractivity contribution in [1.29, 1.82) is 0 Å². The number of hydrogen-bond acceptors (Lipinski definition) is 2. The van der Waals surface area contributed by atoms with Gasteiger partial charge < -0.3 is 16.0 Å². The van der Waals surface area contributed by atoms with Gasteiger partial charge in [0.1, 0.15) is 6.04 Å².